The van der Waals surface area contributed by atoms with Gasteiger partial charge in [-0.25, -0.2) is 0 Å². The first-order valence-electron chi connectivity index (χ1n) is 7.08. The van der Waals surface area contributed by atoms with Crippen LogP contribution in [-0.2, 0) is 18.8 Å². The van der Waals surface area contributed by atoms with E-state index in [4.69, 9.17) is 0 Å². The Bertz CT molecular complexity index is 453. The van der Waals surface area contributed by atoms with Crippen LogP contribution in [0.5, 0.6) is 0 Å². The predicted molar refractivity (Wildman–Crippen MR) is 71.7 cm³/mol. The van der Waals surface area contributed by atoms with Crippen LogP contribution in [0.15, 0.2) is 18.2 Å². The van der Waals surface area contributed by atoms with Crippen molar-refractivity contribution in [3.63, 3.8) is 0 Å². The molecule has 1 heterocycles. The summed E-state index contributed by atoms with van der Waals surface area (Å²) in [6.45, 7) is 2.87. The minimum absolute atomic E-state index is 0.159. The molecule has 0 spiro atoms. The Morgan fingerprint density at radius 1 is 1.11 bits per heavy atom. The predicted octanol–water partition coefficient (Wildman–Crippen LogP) is 2.17. The fourth-order valence-electron chi connectivity index (χ4n) is 3.04. The van der Waals surface area contributed by atoms with Gasteiger partial charge in [0.1, 0.15) is 0 Å². The number of benzene rings is 1. The first kappa shape index (κ1) is 13.0. The lowest BCUT2D eigenvalue weighted by molar-refractivity contribution is -0.0401. The molecule has 1 aliphatic carbocycles. The number of nitrogens with zero attached hydrogens (tertiary/aromatic N) is 1. The first-order chi connectivity index (χ1) is 9.15. The van der Waals surface area contributed by atoms with Crippen molar-refractivity contribution in [2.24, 2.45) is 0 Å². The van der Waals surface area contributed by atoms with E-state index in [1.807, 2.05) is 11.0 Å². The second kappa shape index (κ2) is 5.17. The largest absolute Gasteiger partial charge is 0.314 e. The number of nitrogens with one attached hydrogen (secondary N) is 1. The van der Waals surface area contributed by atoms with Gasteiger partial charge in [-0.15, -0.1) is 0 Å². The fourth-order valence-corrected chi connectivity index (χ4v) is 3.04. The normalized spacial score (nSPS) is 20.5. The van der Waals surface area contributed by atoms with Crippen molar-refractivity contribution < 1.29 is 8.78 Å². The summed E-state index contributed by atoms with van der Waals surface area (Å²) in [5, 5.41) is 3.19. The topological polar surface area (TPSA) is 15.3 Å². The summed E-state index contributed by atoms with van der Waals surface area (Å²) in [6.07, 6.45) is 3.09. The molecule has 4 heteroatoms. The van der Waals surface area contributed by atoms with Gasteiger partial charge in [0.2, 0.25) is 0 Å². The Morgan fingerprint density at radius 2 is 1.84 bits per heavy atom. The van der Waals surface area contributed by atoms with Crippen LogP contribution in [0.4, 0.5) is 8.78 Å². The second-order valence-corrected chi connectivity index (χ2v) is 5.57. The Kier molecular flexibility index (Phi) is 3.54. The van der Waals surface area contributed by atoms with Crippen molar-refractivity contribution in [2.75, 3.05) is 32.7 Å². The Morgan fingerprint density at radius 3 is 2.63 bits per heavy atom. The summed E-state index contributed by atoms with van der Waals surface area (Å²) in [6, 6.07) is 5.24. The number of rotatable bonds is 3. The summed E-state index contributed by atoms with van der Waals surface area (Å²) >= 11 is 0. The molecular weight excluding hydrogens is 246 g/mol. The smallest absolute Gasteiger partial charge is 0.285 e. The molecule has 0 amide bonds. The van der Waals surface area contributed by atoms with Crippen molar-refractivity contribution in [3.8, 4) is 0 Å². The van der Waals surface area contributed by atoms with E-state index in [1.54, 1.807) is 12.1 Å². The monoisotopic (exact) mass is 266 g/mol. The lowest BCUT2D eigenvalue weighted by Gasteiger charge is -2.31. The van der Waals surface area contributed by atoms with Crippen molar-refractivity contribution in [1.29, 1.82) is 0 Å². The summed E-state index contributed by atoms with van der Waals surface area (Å²) in [5.74, 6) is -2.74. The quantitative estimate of drug-likeness (QED) is 0.902. The van der Waals surface area contributed by atoms with Crippen LogP contribution in [0.25, 0.3) is 0 Å². The molecule has 2 nitrogen and oxygen atoms in total. The Labute approximate surface area is 112 Å². The molecule has 1 aromatic rings. The van der Waals surface area contributed by atoms with Gasteiger partial charge >= 0.3 is 0 Å². The van der Waals surface area contributed by atoms with Crippen molar-refractivity contribution in [1.82, 2.24) is 10.2 Å². The molecule has 2 aliphatic rings. The van der Waals surface area contributed by atoms with Gasteiger partial charge in [0.05, 0.1) is 6.54 Å². The van der Waals surface area contributed by atoms with E-state index in [0.29, 0.717) is 13.1 Å². The third-order valence-corrected chi connectivity index (χ3v) is 4.15. The molecule has 104 valence electrons. The van der Waals surface area contributed by atoms with Crippen LogP contribution in [-0.4, -0.2) is 37.6 Å². The van der Waals surface area contributed by atoms with E-state index >= 15 is 0 Å². The second-order valence-electron chi connectivity index (χ2n) is 5.57. The third kappa shape index (κ3) is 2.79. The SMILES string of the molecule is FC(F)(CN1CCNCC1)c1ccc2c(c1)CCC2. The van der Waals surface area contributed by atoms with Crippen LogP contribution in [0.2, 0.25) is 0 Å². The van der Waals surface area contributed by atoms with Crippen LogP contribution < -0.4 is 5.32 Å². The van der Waals surface area contributed by atoms with Gasteiger partial charge < -0.3 is 5.32 Å². The zero-order valence-corrected chi connectivity index (χ0v) is 11.1. The van der Waals surface area contributed by atoms with E-state index in [0.717, 1.165) is 37.9 Å². The number of aryl methyl sites for hydroxylation is 2. The lowest BCUT2D eigenvalue weighted by atomic mass is 10.0. The number of fused-ring (bicyclic) bond motifs is 1. The lowest BCUT2D eigenvalue weighted by Crippen LogP contribution is -2.47. The summed E-state index contributed by atoms with van der Waals surface area (Å²) < 4.78 is 28.7. The fraction of sp³-hybridized carbons (Fsp3) is 0.600. The maximum Gasteiger partial charge on any atom is 0.285 e. The van der Waals surface area contributed by atoms with Gasteiger partial charge in [0, 0.05) is 31.7 Å². The number of hydrogen-bond acceptors (Lipinski definition) is 2. The maximum atomic E-state index is 14.3. The molecule has 3 rings (SSSR count). The van der Waals surface area contributed by atoms with Gasteiger partial charge in [-0.2, -0.15) is 8.78 Å². The molecular formula is C15H20F2N2. The molecule has 1 fully saturated rings. The molecule has 0 radical (unpaired) electrons. The Hall–Kier alpha value is -1.00. The highest BCUT2D eigenvalue weighted by atomic mass is 19.3. The number of piperazine rings is 1. The van der Waals surface area contributed by atoms with Gasteiger partial charge in [-0.05, 0) is 36.5 Å². The van der Waals surface area contributed by atoms with Crippen molar-refractivity contribution in [2.45, 2.75) is 25.2 Å². The molecule has 0 saturated carbocycles. The van der Waals surface area contributed by atoms with Crippen molar-refractivity contribution >= 4 is 0 Å². The Balaban J connectivity index is 1.75. The molecule has 0 unspecified atom stereocenters. The van der Waals surface area contributed by atoms with E-state index in [2.05, 4.69) is 5.32 Å². The van der Waals surface area contributed by atoms with Crippen LogP contribution >= 0.6 is 0 Å². The highest BCUT2D eigenvalue weighted by Crippen LogP contribution is 2.33. The number of halogens is 2. The number of alkyl halides is 2. The number of hydrogen-bond donors (Lipinski definition) is 1. The summed E-state index contributed by atoms with van der Waals surface area (Å²) in [4.78, 5) is 1.85. The average Bonchev–Trinajstić information content (AvgIpc) is 2.86. The molecule has 0 atom stereocenters. The van der Waals surface area contributed by atoms with E-state index < -0.39 is 5.92 Å². The molecule has 1 N–H and O–H groups in total. The third-order valence-electron chi connectivity index (χ3n) is 4.15. The van der Waals surface area contributed by atoms with Gasteiger partial charge in [-0.1, -0.05) is 12.1 Å². The summed E-state index contributed by atoms with van der Waals surface area (Å²) in [7, 11) is 0. The average molecular weight is 266 g/mol. The molecule has 1 aromatic carbocycles. The van der Waals surface area contributed by atoms with Gasteiger partial charge in [0.25, 0.3) is 5.92 Å². The van der Waals surface area contributed by atoms with Gasteiger partial charge in [0.15, 0.2) is 0 Å². The highest BCUT2D eigenvalue weighted by molar-refractivity contribution is 5.37. The van der Waals surface area contributed by atoms with Gasteiger partial charge in [-0.3, -0.25) is 4.90 Å². The maximum absolute atomic E-state index is 14.3. The van der Waals surface area contributed by atoms with E-state index in [-0.39, 0.29) is 12.1 Å². The molecule has 19 heavy (non-hydrogen) atoms. The minimum atomic E-state index is -2.74. The van der Waals surface area contributed by atoms with Crippen LogP contribution in [0.1, 0.15) is 23.1 Å². The molecule has 1 saturated heterocycles. The molecule has 1 aliphatic heterocycles. The van der Waals surface area contributed by atoms with Crippen LogP contribution in [0, 0.1) is 0 Å². The zero-order valence-electron chi connectivity index (χ0n) is 11.1. The van der Waals surface area contributed by atoms with Crippen molar-refractivity contribution in [3.05, 3.63) is 34.9 Å². The van der Waals surface area contributed by atoms with E-state index in [1.165, 1.54) is 5.56 Å². The van der Waals surface area contributed by atoms with E-state index in [9.17, 15) is 8.78 Å². The first-order valence-corrected chi connectivity index (χ1v) is 7.08. The zero-order chi connectivity index (χ0) is 13.3. The molecule has 0 bridgehead atoms. The summed E-state index contributed by atoms with van der Waals surface area (Å²) in [5.41, 5.74) is 2.56. The minimum Gasteiger partial charge on any atom is -0.314 e. The highest BCUT2D eigenvalue weighted by Gasteiger charge is 2.35. The molecule has 0 aromatic heterocycles. The van der Waals surface area contributed by atoms with Crippen LogP contribution in [0.3, 0.4) is 0 Å². The standard InChI is InChI=1S/C15H20F2N2/c16-15(17,11-19-8-6-18-7-9-19)14-5-4-12-2-1-3-13(12)10-14/h4-5,10,18H,1-3,6-9,11H2.